The maximum Gasteiger partial charge on any atom is 0.335 e. The zero-order valence-corrected chi connectivity index (χ0v) is 12.0. The van der Waals surface area contributed by atoms with Gasteiger partial charge in [0.05, 0.1) is 18.1 Å². The van der Waals surface area contributed by atoms with E-state index in [1.807, 2.05) is 6.92 Å². The molecule has 4 aliphatic rings. The Bertz CT molecular complexity index is 571. The minimum Gasteiger partial charge on any atom is -0.463 e. The number of hydrogen-bond donors (Lipinski definition) is 1. The van der Waals surface area contributed by atoms with Gasteiger partial charge in [-0.15, -0.1) is 0 Å². The number of rotatable bonds is 0. The highest BCUT2D eigenvalue weighted by Gasteiger charge is 2.78. The van der Waals surface area contributed by atoms with Crippen LogP contribution in [0.2, 0.25) is 0 Å². The second kappa shape index (κ2) is 3.74. The third kappa shape index (κ3) is 1.30. The highest BCUT2D eigenvalue weighted by molar-refractivity contribution is 6.01. The van der Waals surface area contributed by atoms with Crippen LogP contribution in [0.4, 0.5) is 0 Å². The zero-order chi connectivity index (χ0) is 15.2. The standard InChI is InChI=1S/C15H18O6/c1-6-5-19-13(18)11-9(6)15-4-8(20-14(15,3)21-11)7(2)10(16)12(15)17/h6,8-9,11-12,17H,2,4-5H2,1,3H3/t6-,8+,9+,11+,12+,14-,15+/m1/s1. The lowest BCUT2D eigenvalue weighted by Crippen LogP contribution is -2.58. The summed E-state index contributed by atoms with van der Waals surface area (Å²) < 4.78 is 16.9. The van der Waals surface area contributed by atoms with E-state index in [9.17, 15) is 14.7 Å². The molecule has 0 radical (unpaired) electrons. The Balaban J connectivity index is 1.89. The lowest BCUT2D eigenvalue weighted by molar-refractivity contribution is -0.238. The van der Waals surface area contributed by atoms with E-state index in [2.05, 4.69) is 6.58 Å². The van der Waals surface area contributed by atoms with Crippen LogP contribution in [-0.2, 0) is 23.8 Å². The molecule has 21 heavy (non-hydrogen) atoms. The van der Waals surface area contributed by atoms with Gasteiger partial charge >= 0.3 is 5.97 Å². The zero-order valence-electron chi connectivity index (χ0n) is 12.0. The number of fused-ring (bicyclic) bond motifs is 2. The number of aliphatic hydroxyl groups is 1. The van der Waals surface area contributed by atoms with Crippen LogP contribution in [0.1, 0.15) is 20.3 Å². The summed E-state index contributed by atoms with van der Waals surface area (Å²) in [6.07, 6.45) is -2.03. The summed E-state index contributed by atoms with van der Waals surface area (Å²) in [5, 5.41) is 10.7. The number of cyclic esters (lactones) is 1. The van der Waals surface area contributed by atoms with E-state index in [-0.39, 0.29) is 24.0 Å². The monoisotopic (exact) mass is 294 g/mol. The minimum absolute atomic E-state index is 0.00862. The van der Waals surface area contributed by atoms with Gasteiger partial charge in [0.2, 0.25) is 0 Å². The molecule has 0 aromatic heterocycles. The van der Waals surface area contributed by atoms with E-state index in [0.29, 0.717) is 6.42 Å². The Labute approximate surface area is 122 Å². The van der Waals surface area contributed by atoms with E-state index in [0.717, 1.165) is 0 Å². The average molecular weight is 294 g/mol. The largest absolute Gasteiger partial charge is 0.463 e. The van der Waals surface area contributed by atoms with Gasteiger partial charge in [0.25, 0.3) is 0 Å². The van der Waals surface area contributed by atoms with Crippen molar-refractivity contribution >= 4 is 11.8 Å². The molecule has 0 aromatic carbocycles. The average Bonchev–Trinajstić information content (AvgIpc) is 2.84. The van der Waals surface area contributed by atoms with Gasteiger partial charge in [0.15, 0.2) is 17.7 Å². The molecule has 1 spiro atoms. The highest BCUT2D eigenvalue weighted by atomic mass is 16.7. The van der Waals surface area contributed by atoms with Crippen molar-refractivity contribution in [3.8, 4) is 0 Å². The molecule has 4 rings (SSSR count). The van der Waals surface area contributed by atoms with Gasteiger partial charge in [-0.3, -0.25) is 4.79 Å². The molecule has 7 atom stereocenters. The lowest BCUT2D eigenvalue weighted by Gasteiger charge is -2.45. The van der Waals surface area contributed by atoms with Crippen molar-refractivity contribution in [3.05, 3.63) is 12.2 Å². The second-order valence-corrected chi connectivity index (χ2v) is 6.76. The molecule has 0 unspecified atom stereocenters. The van der Waals surface area contributed by atoms with E-state index in [4.69, 9.17) is 14.2 Å². The van der Waals surface area contributed by atoms with Gasteiger partial charge in [-0.05, 0) is 19.3 Å². The number of carbonyl (C=O) groups excluding carboxylic acids is 2. The number of aliphatic hydroxyl groups excluding tert-OH is 1. The summed E-state index contributed by atoms with van der Waals surface area (Å²) in [5.41, 5.74) is -0.616. The van der Waals surface area contributed by atoms with Crippen molar-refractivity contribution in [3.63, 3.8) is 0 Å². The normalized spacial score (nSPS) is 55.2. The summed E-state index contributed by atoms with van der Waals surface area (Å²) in [4.78, 5) is 24.3. The van der Waals surface area contributed by atoms with Crippen LogP contribution in [0.15, 0.2) is 12.2 Å². The molecular weight excluding hydrogens is 276 g/mol. The number of ether oxygens (including phenoxy) is 3. The Hall–Kier alpha value is -1.24. The number of hydrogen-bond acceptors (Lipinski definition) is 6. The fourth-order valence-electron chi connectivity index (χ4n) is 4.78. The molecule has 1 aliphatic carbocycles. The van der Waals surface area contributed by atoms with E-state index >= 15 is 0 Å². The van der Waals surface area contributed by atoms with Crippen molar-refractivity contribution in [1.29, 1.82) is 0 Å². The van der Waals surface area contributed by atoms with Crippen molar-refractivity contribution in [2.75, 3.05) is 6.61 Å². The number of carbonyl (C=O) groups is 2. The van der Waals surface area contributed by atoms with Crippen LogP contribution >= 0.6 is 0 Å². The molecule has 4 fully saturated rings. The predicted octanol–water partition coefficient (Wildman–Crippen LogP) is 0.186. The molecule has 3 aliphatic heterocycles. The summed E-state index contributed by atoms with van der Waals surface area (Å²) in [5.74, 6) is -2.30. The van der Waals surface area contributed by atoms with E-state index in [1.54, 1.807) is 6.92 Å². The lowest BCUT2D eigenvalue weighted by atomic mass is 9.57. The topological polar surface area (TPSA) is 82.1 Å². The summed E-state index contributed by atoms with van der Waals surface area (Å²) in [7, 11) is 0. The molecule has 6 nitrogen and oxygen atoms in total. The fraction of sp³-hybridized carbons (Fsp3) is 0.733. The van der Waals surface area contributed by atoms with Crippen LogP contribution < -0.4 is 0 Å². The molecule has 1 N–H and O–H groups in total. The molecule has 0 amide bonds. The highest BCUT2D eigenvalue weighted by Crippen LogP contribution is 2.66. The van der Waals surface area contributed by atoms with Gasteiger partial charge in [-0.2, -0.15) is 0 Å². The Morgan fingerprint density at radius 2 is 2.05 bits per heavy atom. The molecule has 3 heterocycles. The molecule has 1 saturated carbocycles. The second-order valence-electron chi connectivity index (χ2n) is 6.76. The van der Waals surface area contributed by atoms with Crippen LogP contribution in [0.5, 0.6) is 0 Å². The van der Waals surface area contributed by atoms with Crippen LogP contribution in [0, 0.1) is 17.3 Å². The van der Waals surface area contributed by atoms with Gasteiger partial charge in [0, 0.05) is 11.5 Å². The van der Waals surface area contributed by atoms with Crippen molar-refractivity contribution in [2.24, 2.45) is 17.3 Å². The smallest absolute Gasteiger partial charge is 0.335 e. The van der Waals surface area contributed by atoms with Gasteiger partial charge in [-0.1, -0.05) is 13.5 Å². The van der Waals surface area contributed by atoms with E-state index in [1.165, 1.54) is 0 Å². The maximum absolute atomic E-state index is 12.3. The first kappa shape index (κ1) is 13.4. The summed E-state index contributed by atoms with van der Waals surface area (Å²) in [6, 6.07) is 0. The first-order valence-corrected chi connectivity index (χ1v) is 7.25. The van der Waals surface area contributed by atoms with Crippen molar-refractivity contribution < 1.29 is 28.9 Å². The maximum atomic E-state index is 12.3. The Morgan fingerprint density at radius 1 is 1.33 bits per heavy atom. The first-order valence-electron chi connectivity index (χ1n) is 7.25. The van der Waals surface area contributed by atoms with Crippen molar-refractivity contribution in [1.82, 2.24) is 0 Å². The fourth-order valence-corrected chi connectivity index (χ4v) is 4.78. The van der Waals surface area contributed by atoms with E-state index < -0.39 is 41.3 Å². The van der Waals surface area contributed by atoms with Gasteiger partial charge in [0.1, 0.15) is 6.10 Å². The van der Waals surface area contributed by atoms with Crippen LogP contribution in [0.3, 0.4) is 0 Å². The molecule has 114 valence electrons. The SMILES string of the molecule is C=C1C(=O)[C@H](O)[C@@]23C[C@@H]1O[C@]2(C)O[C@@H]1C(=O)OC[C@@H](C)[C@@H]13. The quantitative estimate of drug-likeness (QED) is 0.507. The van der Waals surface area contributed by atoms with Crippen molar-refractivity contribution in [2.45, 2.75) is 44.4 Å². The molecule has 6 heteroatoms. The third-order valence-corrected chi connectivity index (χ3v) is 5.78. The van der Waals surface area contributed by atoms with Crippen LogP contribution in [0.25, 0.3) is 0 Å². The summed E-state index contributed by atoms with van der Waals surface area (Å²) >= 11 is 0. The number of esters is 1. The number of ketones is 1. The van der Waals surface area contributed by atoms with Gasteiger partial charge in [-0.25, -0.2) is 4.79 Å². The van der Waals surface area contributed by atoms with Gasteiger partial charge < -0.3 is 19.3 Å². The molecule has 3 saturated heterocycles. The Morgan fingerprint density at radius 3 is 2.76 bits per heavy atom. The summed E-state index contributed by atoms with van der Waals surface area (Å²) in [6.45, 7) is 7.66. The Kier molecular flexibility index (Phi) is 2.39. The minimum atomic E-state index is -1.25. The third-order valence-electron chi connectivity index (χ3n) is 5.78. The molecule has 2 bridgehead atoms. The molecular formula is C15H18O6. The van der Waals surface area contributed by atoms with Crippen LogP contribution in [-0.4, -0.2) is 47.6 Å². The predicted molar refractivity (Wildman–Crippen MR) is 69.0 cm³/mol. The number of Topliss-reactive ketones (excluding diaryl/α,β-unsaturated/α-hetero) is 1. The molecule has 0 aromatic rings. The first-order chi connectivity index (χ1) is 9.82.